The molecule has 1 radical (unpaired) electrons. The minimum atomic E-state index is 0.885. The van der Waals surface area contributed by atoms with Crippen LogP contribution in [0.2, 0.25) is 5.02 Å². The molecule has 0 amide bonds. The highest BCUT2D eigenvalue weighted by molar-refractivity contribution is 6.32. The Morgan fingerprint density at radius 1 is 1.18 bits per heavy atom. The van der Waals surface area contributed by atoms with Gasteiger partial charge in [-0.2, -0.15) is 0 Å². The van der Waals surface area contributed by atoms with Crippen molar-refractivity contribution in [3.63, 3.8) is 0 Å². The van der Waals surface area contributed by atoms with Crippen LogP contribution in [0, 0.1) is 20.3 Å². The maximum atomic E-state index is 5.99. The lowest BCUT2D eigenvalue weighted by Crippen LogP contribution is -1.85. The summed E-state index contributed by atoms with van der Waals surface area (Å²) in [6, 6.07) is 4.19. The van der Waals surface area contributed by atoms with Gasteiger partial charge < -0.3 is 0 Å². The largest absolute Gasteiger partial charge is 0.0838 e. The van der Waals surface area contributed by atoms with Crippen molar-refractivity contribution in [2.24, 2.45) is 0 Å². The van der Waals surface area contributed by atoms with Crippen molar-refractivity contribution in [2.45, 2.75) is 20.8 Å². The van der Waals surface area contributed by atoms with Crippen molar-refractivity contribution in [2.75, 3.05) is 0 Å². The first-order chi connectivity index (χ1) is 5.15. The second-order valence-corrected chi connectivity index (χ2v) is 3.14. The molecule has 0 heterocycles. The van der Waals surface area contributed by atoms with Gasteiger partial charge in [-0.05, 0) is 37.0 Å². The lowest BCUT2D eigenvalue weighted by atomic mass is 10.1. The van der Waals surface area contributed by atoms with E-state index in [1.165, 1.54) is 5.56 Å². The molecule has 0 aromatic heterocycles. The Bertz CT molecular complexity index is 241. The molecule has 0 saturated heterocycles. The second-order valence-electron chi connectivity index (χ2n) is 2.76. The van der Waals surface area contributed by atoms with Gasteiger partial charge in [-0.15, -0.1) is 0 Å². The van der Waals surface area contributed by atoms with Crippen LogP contribution in [0.15, 0.2) is 12.1 Å². The third-order valence-electron chi connectivity index (χ3n) is 1.79. The molecule has 59 valence electrons. The summed E-state index contributed by atoms with van der Waals surface area (Å²) in [7, 11) is 0. The van der Waals surface area contributed by atoms with Crippen LogP contribution in [0.4, 0.5) is 0 Å². The maximum Gasteiger partial charge on any atom is 0.0464 e. The zero-order valence-electron chi connectivity index (χ0n) is 7.11. The molecule has 0 nitrogen and oxygen atoms in total. The maximum absolute atomic E-state index is 5.99. The zero-order chi connectivity index (χ0) is 8.43. The molecule has 1 aromatic rings. The molecule has 0 atom stereocenters. The summed E-state index contributed by atoms with van der Waals surface area (Å²) in [6.45, 7) is 6.09. The Balaban J connectivity index is 3.21. The van der Waals surface area contributed by atoms with Gasteiger partial charge in [0, 0.05) is 5.02 Å². The van der Waals surface area contributed by atoms with Crippen molar-refractivity contribution in [1.29, 1.82) is 0 Å². The Labute approximate surface area is 73.2 Å². The van der Waals surface area contributed by atoms with Gasteiger partial charge in [0.1, 0.15) is 0 Å². The summed E-state index contributed by atoms with van der Waals surface area (Å²) in [5, 5.41) is 0.885. The van der Waals surface area contributed by atoms with Gasteiger partial charge in [0.25, 0.3) is 0 Å². The fraction of sp³-hybridized carbons (Fsp3) is 0.300. The highest BCUT2D eigenvalue weighted by Gasteiger charge is 2.00. The van der Waals surface area contributed by atoms with Crippen molar-refractivity contribution in [3.8, 4) is 0 Å². The van der Waals surface area contributed by atoms with Gasteiger partial charge >= 0.3 is 0 Å². The van der Waals surface area contributed by atoms with Gasteiger partial charge in [0.15, 0.2) is 0 Å². The molecule has 0 aliphatic heterocycles. The average Bonchev–Trinajstić information content (AvgIpc) is 1.99. The van der Waals surface area contributed by atoms with Crippen LogP contribution in [-0.4, -0.2) is 0 Å². The summed E-state index contributed by atoms with van der Waals surface area (Å²) < 4.78 is 0. The molecule has 0 bridgehead atoms. The molecule has 1 aromatic carbocycles. The van der Waals surface area contributed by atoms with Crippen LogP contribution in [0.3, 0.4) is 0 Å². The molecule has 0 N–H and O–H groups in total. The van der Waals surface area contributed by atoms with Crippen LogP contribution >= 0.6 is 11.6 Å². The van der Waals surface area contributed by atoms with Crippen LogP contribution in [0.5, 0.6) is 0 Å². The monoisotopic (exact) mass is 167 g/mol. The molecule has 0 fully saturated rings. The van der Waals surface area contributed by atoms with Gasteiger partial charge in [0.05, 0.1) is 0 Å². The van der Waals surface area contributed by atoms with Gasteiger partial charge in [-0.3, -0.25) is 0 Å². The molecule has 11 heavy (non-hydrogen) atoms. The molecular weight excluding hydrogens is 156 g/mol. The lowest BCUT2D eigenvalue weighted by Gasteiger charge is -2.04. The predicted molar refractivity (Wildman–Crippen MR) is 50.0 cm³/mol. The van der Waals surface area contributed by atoms with E-state index in [0.29, 0.717) is 0 Å². The standard InChI is InChI=1S/C10H12Cl/c1-4-9-5-7(2)10(11)8(3)6-9/h4-6H,1-3H3. The van der Waals surface area contributed by atoms with E-state index in [-0.39, 0.29) is 0 Å². The Kier molecular flexibility index (Phi) is 2.56. The van der Waals surface area contributed by atoms with Crippen molar-refractivity contribution < 1.29 is 0 Å². The first-order valence-corrected chi connectivity index (χ1v) is 4.09. The van der Waals surface area contributed by atoms with Crippen molar-refractivity contribution in [1.82, 2.24) is 0 Å². The van der Waals surface area contributed by atoms with Crippen molar-refractivity contribution in [3.05, 3.63) is 40.3 Å². The number of benzene rings is 1. The van der Waals surface area contributed by atoms with E-state index in [9.17, 15) is 0 Å². The van der Waals surface area contributed by atoms with E-state index in [1.807, 2.05) is 20.8 Å². The Morgan fingerprint density at radius 3 is 2.00 bits per heavy atom. The van der Waals surface area contributed by atoms with E-state index < -0.39 is 0 Å². The third kappa shape index (κ3) is 1.75. The highest BCUT2D eigenvalue weighted by Crippen LogP contribution is 2.22. The van der Waals surface area contributed by atoms with E-state index in [2.05, 4.69) is 18.6 Å². The van der Waals surface area contributed by atoms with Gasteiger partial charge in [-0.25, -0.2) is 0 Å². The molecule has 0 spiro atoms. The zero-order valence-corrected chi connectivity index (χ0v) is 7.87. The Morgan fingerprint density at radius 2 is 1.64 bits per heavy atom. The smallest absolute Gasteiger partial charge is 0.0464 e. The summed E-state index contributed by atoms with van der Waals surface area (Å²) >= 11 is 5.99. The third-order valence-corrected chi connectivity index (χ3v) is 2.39. The first-order valence-electron chi connectivity index (χ1n) is 3.71. The number of aryl methyl sites for hydroxylation is 2. The topological polar surface area (TPSA) is 0 Å². The SMILES string of the molecule is C[CH]c1cc(C)c(Cl)c(C)c1. The minimum Gasteiger partial charge on any atom is -0.0838 e. The normalized spacial score (nSPS) is 10.2. The van der Waals surface area contributed by atoms with E-state index in [0.717, 1.165) is 16.1 Å². The molecule has 1 rings (SSSR count). The number of hydrogen-bond acceptors (Lipinski definition) is 0. The number of hydrogen-bond donors (Lipinski definition) is 0. The van der Waals surface area contributed by atoms with Crippen LogP contribution in [0.25, 0.3) is 0 Å². The fourth-order valence-corrected chi connectivity index (χ4v) is 1.26. The summed E-state index contributed by atoms with van der Waals surface area (Å²) in [6.07, 6.45) is 2.08. The molecule has 1 heteroatoms. The van der Waals surface area contributed by atoms with Crippen molar-refractivity contribution >= 4 is 11.6 Å². The summed E-state index contributed by atoms with van der Waals surface area (Å²) in [5.74, 6) is 0. The second kappa shape index (κ2) is 3.27. The first kappa shape index (κ1) is 8.61. The molecule has 0 aliphatic rings. The molecule has 0 saturated carbocycles. The minimum absolute atomic E-state index is 0.885. The summed E-state index contributed by atoms with van der Waals surface area (Å²) in [5.41, 5.74) is 3.55. The fourth-order valence-electron chi connectivity index (χ4n) is 1.15. The van der Waals surface area contributed by atoms with Crippen LogP contribution in [0.1, 0.15) is 23.6 Å². The van der Waals surface area contributed by atoms with Crippen LogP contribution in [-0.2, 0) is 0 Å². The number of halogens is 1. The van der Waals surface area contributed by atoms with E-state index >= 15 is 0 Å². The lowest BCUT2D eigenvalue weighted by molar-refractivity contribution is 1.31. The quantitative estimate of drug-likeness (QED) is 0.601. The van der Waals surface area contributed by atoms with Gasteiger partial charge in [-0.1, -0.05) is 30.7 Å². The van der Waals surface area contributed by atoms with E-state index in [4.69, 9.17) is 11.6 Å². The predicted octanol–water partition coefficient (Wildman–Crippen LogP) is 3.53. The molecule has 0 aliphatic carbocycles. The average molecular weight is 168 g/mol. The van der Waals surface area contributed by atoms with E-state index in [1.54, 1.807) is 0 Å². The Hall–Kier alpha value is -0.490. The summed E-state index contributed by atoms with van der Waals surface area (Å²) in [4.78, 5) is 0. The molecule has 0 unspecified atom stereocenters. The van der Waals surface area contributed by atoms with Crippen LogP contribution < -0.4 is 0 Å². The highest BCUT2D eigenvalue weighted by atomic mass is 35.5. The number of rotatable bonds is 1. The van der Waals surface area contributed by atoms with Gasteiger partial charge in [0.2, 0.25) is 0 Å². The molecular formula is C10H12Cl.